The molecule has 0 rings (SSSR count). The van der Waals surface area contributed by atoms with Crippen molar-refractivity contribution in [2.24, 2.45) is 0 Å². The van der Waals surface area contributed by atoms with E-state index < -0.39 is 0 Å². The first-order valence-corrected chi connectivity index (χ1v) is 15.7. The summed E-state index contributed by atoms with van der Waals surface area (Å²) in [6.07, 6.45) is 40.7. The van der Waals surface area contributed by atoms with Gasteiger partial charge in [0.15, 0.2) is 0 Å². The van der Waals surface area contributed by atoms with Crippen LogP contribution in [0.15, 0.2) is 0 Å². The van der Waals surface area contributed by atoms with E-state index in [-0.39, 0.29) is 0 Å². The van der Waals surface area contributed by atoms with Crippen LogP contribution in [0, 0.1) is 6.92 Å². The summed E-state index contributed by atoms with van der Waals surface area (Å²) in [6, 6.07) is 0. The molecule has 0 aliphatic heterocycles. The minimum Gasteiger partial charge on any atom is -0.309 e. The van der Waals surface area contributed by atoms with Gasteiger partial charge in [-0.25, -0.2) is 0 Å². The summed E-state index contributed by atoms with van der Waals surface area (Å²) in [5, 5.41) is 0. The molecule has 0 unspecified atom stereocenters. The quantitative estimate of drug-likeness (QED) is 0.0994. The van der Waals surface area contributed by atoms with Crippen LogP contribution in [-0.4, -0.2) is 25.5 Å². The molecule has 0 saturated heterocycles. The monoisotopic (exact) mass is 465 g/mol. The Hall–Kier alpha value is -0.0400. The molecule has 0 fully saturated rings. The average molecular weight is 465 g/mol. The van der Waals surface area contributed by atoms with Crippen LogP contribution in [0.2, 0.25) is 0 Å². The largest absolute Gasteiger partial charge is 0.309 e. The average Bonchev–Trinajstić information content (AvgIpc) is 2.80. The molecule has 0 saturated carbocycles. The SMILES string of the molecule is [CH2]CCCCCCCCCCCCCCCCCCCCCCCCCCCCCN(C)C. The molecule has 0 aromatic heterocycles. The van der Waals surface area contributed by atoms with Crippen LogP contribution < -0.4 is 0 Å². The highest BCUT2D eigenvalue weighted by molar-refractivity contribution is 4.53. The third-order valence-corrected chi connectivity index (χ3v) is 7.36. The van der Waals surface area contributed by atoms with E-state index >= 15 is 0 Å². The Kier molecular flexibility index (Phi) is 30.0. The van der Waals surface area contributed by atoms with Crippen LogP contribution >= 0.6 is 0 Å². The fraction of sp³-hybridized carbons (Fsp3) is 0.969. The lowest BCUT2D eigenvalue weighted by Crippen LogP contribution is -2.12. The fourth-order valence-corrected chi connectivity index (χ4v) is 5.02. The van der Waals surface area contributed by atoms with Crippen molar-refractivity contribution in [3.8, 4) is 0 Å². The molecule has 0 spiro atoms. The summed E-state index contributed by atoms with van der Waals surface area (Å²) in [5.74, 6) is 0. The van der Waals surface area contributed by atoms with E-state index in [0.29, 0.717) is 0 Å². The lowest BCUT2D eigenvalue weighted by molar-refractivity contribution is 0.389. The first-order chi connectivity index (χ1) is 16.3. The highest BCUT2D eigenvalue weighted by Crippen LogP contribution is 2.16. The Morgan fingerprint density at radius 3 is 0.667 bits per heavy atom. The van der Waals surface area contributed by atoms with Crippen LogP contribution in [0.5, 0.6) is 0 Å². The zero-order valence-electron chi connectivity index (χ0n) is 23.7. The Bertz CT molecular complexity index is 324. The highest BCUT2D eigenvalue weighted by Gasteiger charge is 1.97. The van der Waals surface area contributed by atoms with E-state index in [0.717, 1.165) is 6.42 Å². The molecule has 0 aliphatic carbocycles. The van der Waals surface area contributed by atoms with Gasteiger partial charge in [-0.2, -0.15) is 0 Å². The van der Waals surface area contributed by atoms with Gasteiger partial charge in [-0.05, 0) is 27.1 Å². The van der Waals surface area contributed by atoms with E-state index in [1.807, 2.05) is 0 Å². The molecule has 0 aliphatic rings. The molecule has 0 atom stereocenters. The van der Waals surface area contributed by atoms with Gasteiger partial charge in [0, 0.05) is 0 Å². The van der Waals surface area contributed by atoms with E-state index in [2.05, 4.69) is 25.9 Å². The Balaban J connectivity index is 3.00. The van der Waals surface area contributed by atoms with Gasteiger partial charge in [-0.15, -0.1) is 0 Å². The van der Waals surface area contributed by atoms with Crippen molar-refractivity contribution >= 4 is 0 Å². The van der Waals surface area contributed by atoms with E-state index in [1.165, 1.54) is 180 Å². The minimum atomic E-state index is 1.12. The van der Waals surface area contributed by atoms with Gasteiger partial charge in [0.05, 0.1) is 0 Å². The van der Waals surface area contributed by atoms with Crippen LogP contribution in [0.25, 0.3) is 0 Å². The number of nitrogens with zero attached hydrogens (tertiary/aromatic N) is 1. The number of rotatable bonds is 29. The molecule has 0 aromatic carbocycles. The lowest BCUT2D eigenvalue weighted by Gasteiger charge is -2.08. The van der Waals surface area contributed by atoms with Crippen LogP contribution in [0.1, 0.15) is 180 Å². The minimum absolute atomic E-state index is 1.12. The normalized spacial score (nSPS) is 11.6. The van der Waals surface area contributed by atoms with Crippen molar-refractivity contribution in [2.45, 2.75) is 180 Å². The molecule has 0 amide bonds. The molecule has 0 aromatic rings. The molecular formula is C32H66N. The first kappa shape index (κ1) is 33.0. The molecule has 1 nitrogen and oxygen atoms in total. The summed E-state index contributed by atoms with van der Waals surface area (Å²) in [4.78, 5) is 2.31. The predicted octanol–water partition coefficient (Wildman–Crippen LogP) is 11.3. The highest BCUT2D eigenvalue weighted by atomic mass is 15.0. The lowest BCUT2D eigenvalue weighted by atomic mass is 10.0. The van der Waals surface area contributed by atoms with Gasteiger partial charge < -0.3 is 4.90 Å². The zero-order valence-corrected chi connectivity index (χ0v) is 23.7. The molecule has 1 heteroatoms. The summed E-state index contributed by atoms with van der Waals surface area (Å²) >= 11 is 0. The maximum atomic E-state index is 3.92. The number of unbranched alkanes of at least 4 members (excludes halogenated alkanes) is 27. The third kappa shape index (κ3) is 32.0. The van der Waals surface area contributed by atoms with Crippen LogP contribution in [0.4, 0.5) is 0 Å². The summed E-state index contributed by atoms with van der Waals surface area (Å²) < 4.78 is 0. The maximum absolute atomic E-state index is 3.92. The molecule has 33 heavy (non-hydrogen) atoms. The standard InChI is InChI=1S/C32H66N/c1-4-5-6-7-8-9-10-11-12-13-14-15-16-17-18-19-20-21-22-23-24-25-26-27-28-29-30-31-32-33(2)3/h1,4-32H2,2-3H3. The maximum Gasteiger partial charge on any atom is -0.00248 e. The van der Waals surface area contributed by atoms with Crippen LogP contribution in [0.3, 0.4) is 0 Å². The number of hydrogen-bond acceptors (Lipinski definition) is 1. The topological polar surface area (TPSA) is 3.24 Å². The second-order valence-electron chi connectivity index (χ2n) is 11.2. The second-order valence-corrected chi connectivity index (χ2v) is 11.2. The third-order valence-electron chi connectivity index (χ3n) is 7.36. The summed E-state index contributed by atoms with van der Waals surface area (Å²) in [6.45, 7) is 5.18. The smallest absolute Gasteiger partial charge is 0.00248 e. The van der Waals surface area contributed by atoms with E-state index in [4.69, 9.17) is 0 Å². The molecule has 0 N–H and O–H groups in total. The zero-order chi connectivity index (χ0) is 24.1. The summed E-state index contributed by atoms with van der Waals surface area (Å²) in [7, 11) is 4.36. The van der Waals surface area contributed by atoms with Gasteiger partial charge in [0.25, 0.3) is 0 Å². The molecule has 1 radical (unpaired) electrons. The fourth-order valence-electron chi connectivity index (χ4n) is 5.02. The molecule has 0 heterocycles. The molecule has 199 valence electrons. The second kappa shape index (κ2) is 30.0. The van der Waals surface area contributed by atoms with Gasteiger partial charge in [-0.3, -0.25) is 0 Å². The Morgan fingerprint density at radius 1 is 0.303 bits per heavy atom. The van der Waals surface area contributed by atoms with E-state index in [1.54, 1.807) is 0 Å². The molecular weight excluding hydrogens is 398 g/mol. The van der Waals surface area contributed by atoms with Gasteiger partial charge in [-0.1, -0.05) is 180 Å². The van der Waals surface area contributed by atoms with E-state index in [9.17, 15) is 0 Å². The Morgan fingerprint density at radius 2 is 0.485 bits per heavy atom. The first-order valence-electron chi connectivity index (χ1n) is 15.7. The van der Waals surface area contributed by atoms with Gasteiger partial charge in [0.1, 0.15) is 0 Å². The van der Waals surface area contributed by atoms with Gasteiger partial charge in [0.2, 0.25) is 0 Å². The van der Waals surface area contributed by atoms with Crippen molar-refractivity contribution in [1.29, 1.82) is 0 Å². The predicted molar refractivity (Wildman–Crippen MR) is 153 cm³/mol. The van der Waals surface area contributed by atoms with Crippen molar-refractivity contribution in [1.82, 2.24) is 4.90 Å². The van der Waals surface area contributed by atoms with Crippen molar-refractivity contribution in [3.63, 3.8) is 0 Å². The Labute approximate surface area is 212 Å². The molecule has 0 bridgehead atoms. The number of hydrogen-bond donors (Lipinski definition) is 0. The van der Waals surface area contributed by atoms with Crippen molar-refractivity contribution < 1.29 is 0 Å². The van der Waals surface area contributed by atoms with Crippen molar-refractivity contribution in [2.75, 3.05) is 20.6 Å². The van der Waals surface area contributed by atoms with Gasteiger partial charge >= 0.3 is 0 Å². The van der Waals surface area contributed by atoms with Crippen molar-refractivity contribution in [3.05, 3.63) is 6.92 Å². The van der Waals surface area contributed by atoms with Crippen LogP contribution in [-0.2, 0) is 0 Å². The summed E-state index contributed by atoms with van der Waals surface area (Å²) in [5.41, 5.74) is 0.